The van der Waals surface area contributed by atoms with E-state index in [2.05, 4.69) is 15.5 Å². The molecule has 184 valence electrons. The molecule has 3 aromatic carbocycles. The van der Waals surface area contributed by atoms with Crippen LogP contribution in [0.15, 0.2) is 88.9 Å². The molecule has 0 saturated heterocycles. The molecule has 36 heavy (non-hydrogen) atoms. The number of ether oxygens (including phenoxy) is 1. The van der Waals surface area contributed by atoms with Gasteiger partial charge in [-0.2, -0.15) is 5.10 Å². The van der Waals surface area contributed by atoms with Crippen LogP contribution in [-0.2, 0) is 14.8 Å². The van der Waals surface area contributed by atoms with Crippen LogP contribution in [0.1, 0.15) is 11.1 Å². The van der Waals surface area contributed by atoms with Gasteiger partial charge in [-0.05, 0) is 55.0 Å². The zero-order valence-electron chi connectivity index (χ0n) is 19.6. The van der Waals surface area contributed by atoms with Crippen molar-refractivity contribution in [2.24, 2.45) is 5.10 Å². The summed E-state index contributed by atoms with van der Waals surface area (Å²) in [5.41, 5.74) is 4.75. The highest BCUT2D eigenvalue weighted by Gasteiger charge is 2.27. The van der Waals surface area contributed by atoms with Gasteiger partial charge in [0.2, 0.25) is 0 Å². The average molecular weight is 523 g/mol. The maximum absolute atomic E-state index is 13.4. The maximum Gasteiger partial charge on any atom is 0.264 e. The van der Waals surface area contributed by atoms with Crippen LogP contribution in [0.25, 0.3) is 10.9 Å². The standard InChI is InChI=1S/C26H23ClN4O4S/c1-18-7-6-8-21(13-18)31(36(33,34)23-9-4-3-5-10-23)17-25(32)30-28-16-20-14-19-11-12-22(35-2)15-24(19)29-26(20)27/h3-16H,17H2,1-2H3,(H,30,32)/b28-16-. The molecule has 0 saturated carbocycles. The van der Waals surface area contributed by atoms with Crippen LogP contribution in [0.3, 0.4) is 0 Å². The highest BCUT2D eigenvalue weighted by Crippen LogP contribution is 2.25. The summed E-state index contributed by atoms with van der Waals surface area (Å²) in [7, 11) is -2.43. The van der Waals surface area contributed by atoms with Crippen LogP contribution in [-0.4, -0.2) is 39.2 Å². The van der Waals surface area contributed by atoms with Gasteiger partial charge in [0.05, 0.1) is 29.4 Å². The van der Waals surface area contributed by atoms with Gasteiger partial charge in [-0.25, -0.2) is 18.8 Å². The highest BCUT2D eigenvalue weighted by atomic mass is 35.5. The van der Waals surface area contributed by atoms with E-state index in [1.54, 1.807) is 61.7 Å². The Morgan fingerprint density at radius 1 is 1.08 bits per heavy atom. The molecule has 1 aromatic heterocycles. The van der Waals surface area contributed by atoms with Crippen molar-refractivity contribution in [1.82, 2.24) is 10.4 Å². The van der Waals surface area contributed by atoms with Crippen molar-refractivity contribution in [2.45, 2.75) is 11.8 Å². The molecule has 0 aliphatic rings. The van der Waals surface area contributed by atoms with Crippen LogP contribution in [0, 0.1) is 6.92 Å². The molecule has 1 amide bonds. The number of aryl methyl sites for hydroxylation is 1. The van der Waals surface area contributed by atoms with Crippen molar-refractivity contribution < 1.29 is 17.9 Å². The molecule has 10 heteroatoms. The van der Waals surface area contributed by atoms with Crippen LogP contribution in [0.2, 0.25) is 5.15 Å². The fourth-order valence-electron chi connectivity index (χ4n) is 3.51. The normalized spacial score (nSPS) is 11.5. The number of rotatable bonds is 8. The van der Waals surface area contributed by atoms with Gasteiger partial charge in [0.1, 0.15) is 17.4 Å². The monoisotopic (exact) mass is 522 g/mol. The number of fused-ring (bicyclic) bond motifs is 1. The van der Waals surface area contributed by atoms with Gasteiger partial charge in [-0.15, -0.1) is 0 Å². The predicted molar refractivity (Wildman–Crippen MR) is 141 cm³/mol. The third kappa shape index (κ3) is 5.64. The number of halogens is 1. The van der Waals surface area contributed by atoms with Crippen molar-refractivity contribution in [3.05, 3.63) is 95.1 Å². The number of hydrogen-bond acceptors (Lipinski definition) is 6. The van der Waals surface area contributed by atoms with Gasteiger partial charge in [-0.3, -0.25) is 9.10 Å². The lowest BCUT2D eigenvalue weighted by Gasteiger charge is -2.24. The van der Waals surface area contributed by atoms with E-state index in [4.69, 9.17) is 16.3 Å². The number of nitrogens with zero attached hydrogens (tertiary/aromatic N) is 3. The van der Waals surface area contributed by atoms with Crippen LogP contribution in [0.5, 0.6) is 5.75 Å². The number of hydrogen-bond donors (Lipinski definition) is 1. The van der Waals surface area contributed by atoms with Gasteiger partial charge in [-0.1, -0.05) is 41.9 Å². The number of carbonyl (C=O) groups is 1. The summed E-state index contributed by atoms with van der Waals surface area (Å²) < 4.78 is 33.0. The third-order valence-electron chi connectivity index (χ3n) is 5.31. The molecule has 0 aliphatic heterocycles. The lowest BCUT2D eigenvalue weighted by atomic mass is 10.1. The van der Waals surface area contributed by atoms with Crippen molar-refractivity contribution in [2.75, 3.05) is 18.0 Å². The van der Waals surface area contributed by atoms with E-state index in [0.29, 0.717) is 22.5 Å². The molecule has 0 bridgehead atoms. The van der Waals surface area contributed by atoms with Gasteiger partial charge in [0, 0.05) is 17.0 Å². The van der Waals surface area contributed by atoms with Crippen LogP contribution >= 0.6 is 11.6 Å². The van der Waals surface area contributed by atoms with E-state index < -0.39 is 22.5 Å². The van der Waals surface area contributed by atoms with E-state index in [1.807, 2.05) is 19.1 Å². The van der Waals surface area contributed by atoms with Gasteiger partial charge in [0.25, 0.3) is 15.9 Å². The molecule has 0 spiro atoms. The van der Waals surface area contributed by atoms with E-state index in [9.17, 15) is 13.2 Å². The largest absolute Gasteiger partial charge is 0.497 e. The summed E-state index contributed by atoms with van der Waals surface area (Å²) in [6.45, 7) is 1.38. The Hall–Kier alpha value is -3.95. The first-order valence-electron chi connectivity index (χ1n) is 10.9. The number of sulfonamides is 1. The quantitative estimate of drug-likeness (QED) is 0.208. The average Bonchev–Trinajstić information content (AvgIpc) is 2.87. The summed E-state index contributed by atoms with van der Waals surface area (Å²) >= 11 is 6.28. The number of hydrazone groups is 1. The third-order valence-corrected chi connectivity index (χ3v) is 7.40. The minimum atomic E-state index is -4.00. The zero-order chi connectivity index (χ0) is 25.7. The second-order valence-corrected chi connectivity index (χ2v) is 10.1. The molecule has 4 rings (SSSR count). The van der Waals surface area contributed by atoms with Gasteiger partial charge >= 0.3 is 0 Å². The number of nitrogens with one attached hydrogen (secondary N) is 1. The zero-order valence-corrected chi connectivity index (χ0v) is 21.1. The number of carbonyl (C=O) groups excluding carboxylic acids is 1. The SMILES string of the molecule is COc1ccc2cc(/C=N\NC(=O)CN(c3cccc(C)c3)S(=O)(=O)c3ccccc3)c(Cl)nc2c1. The number of anilines is 1. The van der Waals surface area contributed by atoms with E-state index >= 15 is 0 Å². The fourth-order valence-corrected chi connectivity index (χ4v) is 5.14. The molecule has 0 unspecified atom stereocenters. The topological polar surface area (TPSA) is 101 Å². The van der Waals surface area contributed by atoms with Crippen LogP contribution < -0.4 is 14.5 Å². The highest BCUT2D eigenvalue weighted by molar-refractivity contribution is 7.92. The summed E-state index contributed by atoms with van der Waals surface area (Å²) in [6, 6.07) is 22.0. The van der Waals surface area contributed by atoms with Gasteiger partial charge in [0.15, 0.2) is 0 Å². The Kier molecular flexibility index (Phi) is 7.52. The second-order valence-electron chi connectivity index (χ2n) is 7.88. The molecular formula is C26H23ClN4O4S. The minimum absolute atomic E-state index is 0.0773. The van der Waals surface area contributed by atoms with E-state index in [1.165, 1.54) is 18.3 Å². The summed E-state index contributed by atoms with van der Waals surface area (Å²) in [4.78, 5) is 17.2. The maximum atomic E-state index is 13.4. The van der Waals surface area contributed by atoms with Gasteiger partial charge < -0.3 is 4.74 Å². The molecule has 0 atom stereocenters. The molecule has 8 nitrogen and oxygen atoms in total. The Morgan fingerprint density at radius 2 is 1.86 bits per heavy atom. The molecule has 0 aliphatic carbocycles. The lowest BCUT2D eigenvalue weighted by molar-refractivity contribution is -0.119. The minimum Gasteiger partial charge on any atom is -0.497 e. The van der Waals surface area contributed by atoms with Crippen molar-refractivity contribution >= 4 is 50.3 Å². The Balaban J connectivity index is 1.55. The Labute approximate surface area is 214 Å². The number of amides is 1. The smallest absolute Gasteiger partial charge is 0.264 e. The lowest BCUT2D eigenvalue weighted by Crippen LogP contribution is -2.39. The first-order chi connectivity index (χ1) is 17.3. The Morgan fingerprint density at radius 3 is 2.58 bits per heavy atom. The summed E-state index contributed by atoms with van der Waals surface area (Å²) in [5, 5.41) is 4.98. The predicted octanol–water partition coefficient (Wildman–Crippen LogP) is 4.55. The molecule has 1 N–H and O–H groups in total. The van der Waals surface area contributed by atoms with E-state index in [0.717, 1.165) is 15.3 Å². The first kappa shape index (κ1) is 25.2. The molecule has 0 fully saturated rings. The number of aromatic nitrogens is 1. The van der Waals surface area contributed by atoms with Crippen molar-refractivity contribution in [1.29, 1.82) is 0 Å². The van der Waals surface area contributed by atoms with E-state index in [-0.39, 0.29) is 10.0 Å². The van der Waals surface area contributed by atoms with Crippen molar-refractivity contribution in [3.8, 4) is 5.75 Å². The first-order valence-corrected chi connectivity index (χ1v) is 12.7. The number of benzene rings is 3. The fraction of sp³-hybridized carbons (Fsp3) is 0.115. The molecule has 0 radical (unpaired) electrons. The summed E-state index contributed by atoms with van der Waals surface area (Å²) in [5.74, 6) is 0.0326. The van der Waals surface area contributed by atoms with Crippen LogP contribution in [0.4, 0.5) is 5.69 Å². The summed E-state index contributed by atoms with van der Waals surface area (Å²) in [6.07, 6.45) is 1.36. The number of pyridine rings is 1. The number of methoxy groups -OCH3 is 1. The molecule has 1 heterocycles. The van der Waals surface area contributed by atoms with Crippen molar-refractivity contribution in [3.63, 3.8) is 0 Å². The second kappa shape index (κ2) is 10.8. The molecular weight excluding hydrogens is 500 g/mol. The molecule has 4 aromatic rings. The Bertz CT molecular complexity index is 1540.